The predicted molar refractivity (Wildman–Crippen MR) is 261 cm³/mol. The first-order valence-electron chi connectivity index (χ1n) is 24.5. The van der Waals surface area contributed by atoms with Crippen LogP contribution in [0.1, 0.15) is 156 Å². The van der Waals surface area contributed by atoms with E-state index in [0.29, 0.717) is 17.8 Å². The minimum absolute atomic E-state index is 0.0339. The fraction of sp³-hybridized carbons (Fsp3) is 0.680. The molecule has 0 spiro atoms. The average Bonchev–Trinajstić information content (AvgIpc) is 3.96. The molecule has 18 heteroatoms. The molecule has 2 aliphatic heterocycles. The van der Waals surface area contributed by atoms with Crippen LogP contribution >= 0.6 is 19.4 Å². The Morgan fingerprint density at radius 2 is 1.59 bits per heavy atom. The second-order valence-corrected chi connectivity index (χ2v) is 21.0. The van der Waals surface area contributed by atoms with Crippen molar-refractivity contribution in [3.05, 3.63) is 66.1 Å². The van der Waals surface area contributed by atoms with Crippen LogP contribution < -0.4 is 9.84 Å². The van der Waals surface area contributed by atoms with Gasteiger partial charge in [0, 0.05) is 6.61 Å². The van der Waals surface area contributed by atoms with Crippen molar-refractivity contribution in [2.75, 3.05) is 38.4 Å². The van der Waals surface area contributed by atoms with Gasteiger partial charge in [-0.3, -0.25) is 14.4 Å². The highest BCUT2D eigenvalue weighted by Gasteiger charge is 2.65. The van der Waals surface area contributed by atoms with E-state index in [2.05, 4.69) is 35.0 Å². The predicted octanol–water partition coefficient (Wildman–Crippen LogP) is 12.7. The van der Waals surface area contributed by atoms with E-state index in [-0.39, 0.29) is 36.4 Å². The summed E-state index contributed by atoms with van der Waals surface area (Å²) >= 11 is 6.46. The number of aromatic nitrogens is 3. The van der Waals surface area contributed by atoms with Gasteiger partial charge in [0.25, 0.3) is 0 Å². The number of hydrogen-bond donors (Lipinski definition) is 1. The van der Waals surface area contributed by atoms with Gasteiger partial charge in [0.1, 0.15) is 60.3 Å². The summed E-state index contributed by atoms with van der Waals surface area (Å²) in [5.41, 5.74) is -1.77. The van der Waals surface area contributed by atoms with Gasteiger partial charge >= 0.3 is 13.9 Å². The van der Waals surface area contributed by atoms with Crippen molar-refractivity contribution in [2.24, 2.45) is 0 Å². The molecule has 1 aromatic carbocycles. The normalized spacial score (nSPS) is 21.2. The molecule has 16 nitrogen and oxygen atoms in total. The molecular weight excluding hydrogens is 913 g/mol. The number of nitrogens with zero attached hydrogens (tertiary/aromatic N) is 4. The summed E-state index contributed by atoms with van der Waals surface area (Å²) in [7, 11) is -4.61. The second kappa shape index (κ2) is 27.1. The Morgan fingerprint density at radius 1 is 0.941 bits per heavy atom. The summed E-state index contributed by atoms with van der Waals surface area (Å²) < 4.78 is 70.8. The van der Waals surface area contributed by atoms with E-state index in [1.807, 2.05) is 0 Å². The first-order chi connectivity index (χ1) is 32.6. The number of halogens is 1. The van der Waals surface area contributed by atoms with Gasteiger partial charge in [0.15, 0.2) is 11.6 Å². The van der Waals surface area contributed by atoms with Crippen molar-refractivity contribution in [1.29, 1.82) is 5.26 Å². The number of carbonyl (C=O) groups is 1. The molecule has 0 radical (unpaired) electrons. The molecule has 2 aliphatic rings. The number of phosphoric acid groups is 1. The topological polar surface area (TPSA) is 183 Å². The number of unbranched alkanes of at least 4 members (excludes halogenated alkanes) is 15. The third kappa shape index (κ3) is 17.1. The van der Waals surface area contributed by atoms with Crippen LogP contribution in [0.2, 0.25) is 5.02 Å². The minimum Gasteiger partial charge on any atom is -0.444 e. The maximum absolute atomic E-state index is 14.7. The molecule has 0 bridgehead atoms. The van der Waals surface area contributed by atoms with Crippen molar-refractivity contribution in [2.45, 2.75) is 186 Å². The van der Waals surface area contributed by atoms with Crippen LogP contribution in [0.25, 0.3) is 5.52 Å². The highest BCUT2D eigenvalue weighted by atomic mass is 35.5. The maximum atomic E-state index is 14.7. The zero-order chi connectivity index (χ0) is 49.0. The number of amides is 1. The quantitative estimate of drug-likeness (QED) is 0.0354. The van der Waals surface area contributed by atoms with Gasteiger partial charge in [-0.1, -0.05) is 133 Å². The third-order valence-corrected chi connectivity index (χ3v) is 13.2. The number of nitrogens with one attached hydrogen (secondary N) is 1. The van der Waals surface area contributed by atoms with Crippen LogP contribution in [0, 0.1) is 11.3 Å². The molecule has 2 fully saturated rings. The zero-order valence-corrected chi connectivity index (χ0v) is 42.7. The molecule has 1 unspecified atom stereocenters. The van der Waals surface area contributed by atoms with E-state index in [1.165, 1.54) is 100 Å². The van der Waals surface area contributed by atoms with Crippen molar-refractivity contribution < 1.29 is 51.4 Å². The Hall–Kier alpha value is -3.62. The number of hydrogen-bond acceptors (Lipinski definition) is 14. The van der Waals surface area contributed by atoms with E-state index >= 15 is 0 Å². The van der Waals surface area contributed by atoms with E-state index in [1.54, 1.807) is 71.0 Å². The molecule has 0 aliphatic carbocycles. The van der Waals surface area contributed by atoms with Crippen LogP contribution in [-0.2, 0) is 42.0 Å². The number of nitriles is 1. The Kier molecular flexibility index (Phi) is 22.1. The molecule has 6 atom stereocenters. The van der Waals surface area contributed by atoms with E-state index in [9.17, 15) is 14.6 Å². The molecule has 2 aromatic heterocycles. The summed E-state index contributed by atoms with van der Waals surface area (Å²) in [6.07, 6.45) is 19.2. The Bertz CT molecular complexity index is 2110. The Labute approximate surface area is 408 Å². The molecule has 1 N–H and O–H groups in total. The standard InChI is InChI=1S/C50H75ClN5O11P/c1-8-10-11-12-13-14-15-16-17-18-19-20-21-22-23-26-32-59-33-38(60-31-9-2)34-61-68(58,67-42-28-25-24-27-39(42)51)62-36-50(35-52)45-44(63-49(6,7)65-45)43(64-50)40-29-30-41-46(53-37-54-56(40)41)55-47(57)66-48(3,4)5/h9,24-25,27-30,37-38,43-45H,2,8,10-23,26,31-34,36H2,1,3-7H3,(H,53,54,55,57)/t38-,43+,44+,45+,50-,68?/m1/s1. The highest BCUT2D eigenvalue weighted by Crippen LogP contribution is 2.55. The zero-order valence-electron chi connectivity index (χ0n) is 41.1. The molecular formula is C50H75ClN5O11P. The lowest BCUT2D eigenvalue weighted by Gasteiger charge is -2.30. The van der Waals surface area contributed by atoms with Crippen molar-refractivity contribution >= 4 is 36.9 Å². The number of para-hydroxylation sites is 1. The fourth-order valence-electron chi connectivity index (χ4n) is 8.26. The van der Waals surface area contributed by atoms with Gasteiger partial charge in [0.05, 0.1) is 30.5 Å². The summed E-state index contributed by atoms with van der Waals surface area (Å²) in [6, 6.07) is 12.1. The van der Waals surface area contributed by atoms with Gasteiger partial charge in [-0.25, -0.2) is 18.9 Å². The fourth-order valence-corrected chi connectivity index (χ4v) is 9.77. The summed E-state index contributed by atoms with van der Waals surface area (Å²) in [5, 5.41) is 18.1. The summed E-state index contributed by atoms with van der Waals surface area (Å²) in [4.78, 5) is 16.9. The number of rotatable bonds is 32. The van der Waals surface area contributed by atoms with E-state index in [0.717, 1.165) is 19.3 Å². The van der Waals surface area contributed by atoms with Gasteiger partial charge in [-0.05, 0) is 65.3 Å². The van der Waals surface area contributed by atoms with E-state index in [4.69, 9.17) is 53.6 Å². The number of carbonyl (C=O) groups excluding carboxylic acids is 1. The maximum Gasteiger partial charge on any atom is 0.530 e. The van der Waals surface area contributed by atoms with E-state index < -0.39 is 61.9 Å². The SMILES string of the molecule is C=CCO[C@H](COCCCCCCCCCCCCCCCCCC)COP(=O)(OC[C@@]1(C#N)O[C@@H](c2ccc3c(NC(=O)OC(C)(C)C)ncnn23)[C@@H]2OC(C)(C)O[C@@H]21)Oc1ccccc1Cl. The lowest BCUT2D eigenvalue weighted by Crippen LogP contribution is -2.46. The second-order valence-electron chi connectivity index (χ2n) is 19.0. The lowest BCUT2D eigenvalue weighted by molar-refractivity contribution is -0.204. The first kappa shape index (κ1) is 55.3. The number of ether oxygens (including phenoxy) is 6. The summed E-state index contributed by atoms with van der Waals surface area (Å²) in [6.45, 7) is 14.7. The molecule has 2 saturated heterocycles. The molecule has 4 heterocycles. The number of anilines is 1. The summed E-state index contributed by atoms with van der Waals surface area (Å²) in [5.74, 6) is -0.933. The first-order valence-corrected chi connectivity index (χ1v) is 26.4. The van der Waals surface area contributed by atoms with Crippen molar-refractivity contribution in [3.63, 3.8) is 0 Å². The molecule has 68 heavy (non-hydrogen) atoms. The molecule has 1 amide bonds. The highest BCUT2D eigenvalue weighted by molar-refractivity contribution is 7.49. The average molecular weight is 989 g/mol. The van der Waals surface area contributed by atoms with Crippen LogP contribution in [0.3, 0.4) is 0 Å². The van der Waals surface area contributed by atoms with Gasteiger partial charge < -0.3 is 32.9 Å². The smallest absolute Gasteiger partial charge is 0.444 e. The van der Waals surface area contributed by atoms with Crippen LogP contribution in [0.5, 0.6) is 5.75 Å². The third-order valence-electron chi connectivity index (χ3n) is 11.6. The lowest BCUT2D eigenvalue weighted by atomic mass is 9.96. The Morgan fingerprint density at radius 3 is 2.21 bits per heavy atom. The molecule has 0 saturated carbocycles. The number of fused-ring (bicyclic) bond motifs is 2. The van der Waals surface area contributed by atoms with Gasteiger partial charge in [-0.2, -0.15) is 10.4 Å². The number of phosphoric ester groups is 1. The number of benzene rings is 1. The molecule has 378 valence electrons. The van der Waals surface area contributed by atoms with Crippen molar-refractivity contribution in [1.82, 2.24) is 14.6 Å². The Balaban J connectivity index is 1.18. The van der Waals surface area contributed by atoms with Crippen molar-refractivity contribution in [3.8, 4) is 11.8 Å². The molecule has 5 rings (SSSR count). The van der Waals surface area contributed by atoms with Crippen LogP contribution in [0.15, 0.2) is 55.4 Å². The van der Waals surface area contributed by atoms with Crippen LogP contribution in [-0.4, -0.2) is 89.0 Å². The largest absolute Gasteiger partial charge is 0.530 e. The van der Waals surface area contributed by atoms with Gasteiger partial charge in [-0.15, -0.1) is 6.58 Å². The van der Waals surface area contributed by atoms with Crippen LogP contribution in [0.4, 0.5) is 10.6 Å². The monoisotopic (exact) mass is 987 g/mol. The van der Waals surface area contributed by atoms with Gasteiger partial charge in [0.2, 0.25) is 5.60 Å². The minimum atomic E-state index is -4.61. The molecule has 3 aromatic rings.